The Hall–Kier alpha value is -4.35. The maximum Gasteiger partial charge on any atom is 0.250 e. The molecule has 3 heterocycles. The molecule has 5 rings (SSSR count). The second kappa shape index (κ2) is 13.3. The number of thiophene rings is 2. The summed E-state index contributed by atoms with van der Waals surface area (Å²) in [6, 6.07) is 19.4. The van der Waals surface area contributed by atoms with E-state index < -0.39 is 11.8 Å². The molecule has 0 atom stereocenters. The van der Waals surface area contributed by atoms with Gasteiger partial charge in [-0.25, -0.2) is 0 Å². The molecule has 0 radical (unpaired) electrons. The van der Waals surface area contributed by atoms with Crippen LogP contribution in [-0.4, -0.2) is 26.8 Å². The van der Waals surface area contributed by atoms with E-state index in [2.05, 4.69) is 25.6 Å². The van der Waals surface area contributed by atoms with E-state index in [1.165, 1.54) is 34.8 Å². The zero-order valence-corrected chi connectivity index (χ0v) is 24.1. The number of aromatic nitrogens is 3. The molecule has 5 aromatic rings. The number of nitrogens with zero attached hydrogens (tertiary/aromatic N) is 3. The fourth-order valence-corrected chi connectivity index (χ4v) is 5.10. The molecule has 0 aliphatic heterocycles. The van der Waals surface area contributed by atoms with Crippen molar-refractivity contribution in [3.8, 4) is 22.9 Å². The molecule has 41 heavy (non-hydrogen) atoms. The molecule has 0 spiro atoms. The van der Waals surface area contributed by atoms with Crippen molar-refractivity contribution in [3.63, 3.8) is 0 Å². The largest absolute Gasteiger partial charge is 0.455 e. The number of nitrogens with one attached hydrogen (secondary N) is 2. The summed E-state index contributed by atoms with van der Waals surface area (Å²) in [7, 11) is 0. The van der Waals surface area contributed by atoms with E-state index in [4.69, 9.17) is 27.9 Å². The highest BCUT2D eigenvalue weighted by atomic mass is 35.5. The van der Waals surface area contributed by atoms with E-state index >= 15 is 0 Å². The summed E-state index contributed by atoms with van der Waals surface area (Å²) in [6.07, 6.45) is 6.10. The highest BCUT2D eigenvalue weighted by molar-refractivity contribution is 7.11. The summed E-state index contributed by atoms with van der Waals surface area (Å²) in [5, 5.41) is 9.89. The molecular weight excluding hydrogens is 601 g/mol. The highest BCUT2D eigenvalue weighted by Gasteiger charge is 2.16. The fraction of sp³-hybridized carbons (Fsp3) is 0. The van der Waals surface area contributed by atoms with E-state index in [0.717, 1.165) is 9.75 Å². The molecule has 2 amide bonds. The third-order valence-electron chi connectivity index (χ3n) is 5.23. The number of hydrogen-bond donors (Lipinski definition) is 2. The summed E-state index contributed by atoms with van der Waals surface area (Å²) in [5.41, 5.74) is 0.468. The molecule has 0 saturated carbocycles. The maximum atomic E-state index is 12.7. The van der Waals surface area contributed by atoms with Crippen LogP contribution in [0.25, 0.3) is 23.5 Å². The summed E-state index contributed by atoms with van der Waals surface area (Å²) < 4.78 is 6.07. The van der Waals surface area contributed by atoms with Crippen molar-refractivity contribution in [2.24, 2.45) is 0 Å². The summed E-state index contributed by atoms with van der Waals surface area (Å²) >= 11 is 15.3. The molecule has 8 nitrogen and oxygen atoms in total. The lowest BCUT2D eigenvalue weighted by atomic mass is 10.2. The number of halogens is 2. The fourth-order valence-electron chi connectivity index (χ4n) is 3.42. The van der Waals surface area contributed by atoms with E-state index in [-0.39, 0.29) is 17.7 Å². The molecule has 2 N–H and O–H groups in total. The van der Waals surface area contributed by atoms with Crippen molar-refractivity contribution in [2.45, 2.75) is 0 Å². The van der Waals surface area contributed by atoms with Crippen molar-refractivity contribution in [1.29, 1.82) is 0 Å². The molecule has 2 aromatic carbocycles. The van der Waals surface area contributed by atoms with E-state index in [1.54, 1.807) is 54.6 Å². The van der Waals surface area contributed by atoms with Crippen LogP contribution in [0.3, 0.4) is 0 Å². The minimum absolute atomic E-state index is 0.0623. The second-order valence-electron chi connectivity index (χ2n) is 8.16. The molecule has 3 aromatic heterocycles. The Kier molecular flexibility index (Phi) is 9.17. The van der Waals surface area contributed by atoms with Gasteiger partial charge in [-0.3, -0.25) is 20.2 Å². The zero-order valence-electron chi connectivity index (χ0n) is 21.0. The van der Waals surface area contributed by atoms with Crippen molar-refractivity contribution < 1.29 is 14.3 Å². The van der Waals surface area contributed by atoms with Gasteiger partial charge in [0.05, 0.1) is 10.6 Å². The molecule has 0 unspecified atom stereocenters. The first-order valence-corrected chi connectivity index (χ1v) is 14.5. The first-order valence-electron chi connectivity index (χ1n) is 12.0. The smallest absolute Gasteiger partial charge is 0.250 e. The van der Waals surface area contributed by atoms with Gasteiger partial charge in [0, 0.05) is 26.9 Å². The SMILES string of the molecule is O=C(/C=C/c1cccs1)Nc1nc(NC(=O)/C=C/c2cccs2)nc(-c2ccccc2Oc2ccc(Cl)cc2Cl)n1. The lowest BCUT2D eigenvalue weighted by Gasteiger charge is -2.13. The quantitative estimate of drug-likeness (QED) is 0.162. The molecule has 0 aliphatic rings. The average Bonchev–Trinajstić information content (AvgIpc) is 3.67. The maximum absolute atomic E-state index is 12.7. The Morgan fingerprint density at radius 2 is 1.34 bits per heavy atom. The predicted octanol–water partition coefficient (Wildman–Crippen LogP) is 8.06. The zero-order chi connectivity index (χ0) is 28.6. The van der Waals surface area contributed by atoms with Crippen molar-refractivity contribution in [3.05, 3.63) is 109 Å². The number of rotatable bonds is 9. The van der Waals surface area contributed by atoms with Gasteiger partial charge in [-0.1, -0.05) is 47.5 Å². The number of carbonyl (C=O) groups is 2. The van der Waals surface area contributed by atoms with Crippen molar-refractivity contribution in [1.82, 2.24) is 15.0 Å². The van der Waals surface area contributed by atoms with Crippen LogP contribution >= 0.6 is 45.9 Å². The first-order chi connectivity index (χ1) is 19.9. The van der Waals surface area contributed by atoms with Gasteiger partial charge in [0.2, 0.25) is 11.9 Å². The van der Waals surface area contributed by atoms with Gasteiger partial charge in [0.1, 0.15) is 11.5 Å². The normalized spacial score (nSPS) is 11.2. The third-order valence-corrected chi connectivity index (χ3v) is 7.44. The minimum Gasteiger partial charge on any atom is -0.455 e. The summed E-state index contributed by atoms with van der Waals surface area (Å²) in [6.45, 7) is 0. The standard InChI is InChI=1S/C29H19Cl2N5O3S2/c30-18-9-12-24(22(31)17-18)39-23-8-2-1-7-21(23)27-34-28(32-25(37)13-10-19-5-3-15-40-19)36-29(35-27)33-26(38)14-11-20-6-4-16-41-20/h1-17H,(H2,32,33,34,35,36,37,38)/b13-10+,14-11+. The Morgan fingerprint density at radius 1 is 0.732 bits per heavy atom. The number of ether oxygens (including phenoxy) is 1. The van der Waals surface area contributed by atoms with Gasteiger partial charge < -0.3 is 4.74 Å². The van der Waals surface area contributed by atoms with Gasteiger partial charge in [-0.05, 0) is 65.4 Å². The number of carbonyl (C=O) groups excluding carboxylic acids is 2. The number of amides is 2. The molecule has 0 saturated heterocycles. The number of benzene rings is 2. The van der Waals surface area contributed by atoms with Crippen LogP contribution in [0.2, 0.25) is 10.0 Å². The van der Waals surface area contributed by atoms with Gasteiger partial charge in [-0.2, -0.15) is 15.0 Å². The highest BCUT2D eigenvalue weighted by Crippen LogP contribution is 2.36. The molecule has 0 bridgehead atoms. The van der Waals surface area contributed by atoms with Crippen LogP contribution < -0.4 is 15.4 Å². The predicted molar refractivity (Wildman–Crippen MR) is 166 cm³/mol. The summed E-state index contributed by atoms with van der Waals surface area (Å²) in [5.74, 6) is -0.133. The van der Waals surface area contributed by atoms with E-state index in [0.29, 0.717) is 27.1 Å². The van der Waals surface area contributed by atoms with Gasteiger partial charge >= 0.3 is 0 Å². The van der Waals surface area contributed by atoms with Gasteiger partial charge in [0.25, 0.3) is 11.8 Å². The number of para-hydroxylation sites is 1. The van der Waals surface area contributed by atoms with Crippen LogP contribution in [0.15, 0.2) is 89.6 Å². The van der Waals surface area contributed by atoms with Crippen LogP contribution in [0.5, 0.6) is 11.5 Å². The van der Waals surface area contributed by atoms with Crippen LogP contribution in [0.4, 0.5) is 11.9 Å². The first kappa shape index (κ1) is 28.2. The van der Waals surface area contributed by atoms with Gasteiger partial charge in [-0.15, -0.1) is 22.7 Å². The lowest BCUT2D eigenvalue weighted by Crippen LogP contribution is -2.16. The van der Waals surface area contributed by atoms with Gasteiger partial charge in [0.15, 0.2) is 5.82 Å². The minimum atomic E-state index is -0.456. The Morgan fingerprint density at radius 3 is 1.90 bits per heavy atom. The Labute approximate surface area is 253 Å². The van der Waals surface area contributed by atoms with Crippen LogP contribution in [-0.2, 0) is 9.59 Å². The topological polar surface area (TPSA) is 106 Å². The molecule has 204 valence electrons. The molecular formula is C29H19Cl2N5O3S2. The van der Waals surface area contributed by atoms with E-state index in [9.17, 15) is 9.59 Å². The monoisotopic (exact) mass is 619 g/mol. The second-order valence-corrected chi connectivity index (χ2v) is 11.0. The Bertz CT molecular complexity index is 1660. The third kappa shape index (κ3) is 7.86. The van der Waals surface area contributed by atoms with E-state index in [1.807, 2.05) is 35.0 Å². The van der Waals surface area contributed by atoms with Crippen LogP contribution in [0, 0.1) is 0 Å². The number of anilines is 2. The Balaban J connectivity index is 1.46. The van der Waals surface area contributed by atoms with Crippen molar-refractivity contribution >= 4 is 81.7 Å². The summed E-state index contributed by atoms with van der Waals surface area (Å²) in [4.78, 5) is 40.2. The average molecular weight is 621 g/mol. The number of hydrogen-bond acceptors (Lipinski definition) is 8. The molecule has 0 fully saturated rings. The van der Waals surface area contributed by atoms with Crippen LogP contribution in [0.1, 0.15) is 9.75 Å². The lowest BCUT2D eigenvalue weighted by molar-refractivity contribution is -0.112. The van der Waals surface area contributed by atoms with Crippen molar-refractivity contribution in [2.75, 3.05) is 10.6 Å². The molecule has 0 aliphatic carbocycles. The molecule has 12 heteroatoms.